The maximum Gasteiger partial charge on any atom is 0.315 e. The van der Waals surface area contributed by atoms with Crippen molar-refractivity contribution in [1.29, 1.82) is 0 Å². The molecule has 4 rings (SSSR count). The largest absolute Gasteiger partial charge is 0.474 e. The van der Waals surface area contributed by atoms with Crippen LogP contribution in [0, 0.1) is 5.92 Å². The smallest absolute Gasteiger partial charge is 0.315 e. The first kappa shape index (κ1) is 16.6. The van der Waals surface area contributed by atoms with E-state index in [1.165, 1.54) is 25.7 Å². The average molecular weight is 345 g/mol. The van der Waals surface area contributed by atoms with Gasteiger partial charge in [-0.15, -0.1) is 0 Å². The number of hydrogen-bond donors (Lipinski definition) is 2. The summed E-state index contributed by atoms with van der Waals surface area (Å²) in [6, 6.07) is 3.85. The van der Waals surface area contributed by atoms with E-state index in [-0.39, 0.29) is 18.2 Å². The van der Waals surface area contributed by atoms with Crippen molar-refractivity contribution >= 4 is 6.03 Å². The Labute approximate surface area is 148 Å². The maximum absolute atomic E-state index is 12.2. The molecule has 2 amide bonds. The number of hydrogen-bond acceptors (Lipinski definition) is 4. The van der Waals surface area contributed by atoms with Gasteiger partial charge in [-0.3, -0.25) is 0 Å². The number of nitrogens with one attached hydrogen (secondary N) is 2. The molecule has 25 heavy (non-hydrogen) atoms. The van der Waals surface area contributed by atoms with Crippen LogP contribution in [0.25, 0.3) is 0 Å². The highest BCUT2D eigenvalue weighted by molar-refractivity contribution is 5.74. The van der Waals surface area contributed by atoms with E-state index in [9.17, 15) is 4.79 Å². The molecule has 2 atom stereocenters. The van der Waals surface area contributed by atoms with Crippen LogP contribution in [0.5, 0.6) is 5.88 Å². The summed E-state index contributed by atoms with van der Waals surface area (Å²) in [5, 5.41) is 6.01. The van der Waals surface area contributed by atoms with E-state index in [4.69, 9.17) is 9.47 Å². The molecule has 3 aliphatic rings. The number of carbonyl (C=O) groups is 1. The van der Waals surface area contributed by atoms with E-state index in [2.05, 4.69) is 15.6 Å². The van der Waals surface area contributed by atoms with Gasteiger partial charge in [-0.1, -0.05) is 0 Å². The highest BCUT2D eigenvalue weighted by Crippen LogP contribution is 2.38. The Balaban J connectivity index is 1.25. The molecule has 2 heterocycles. The van der Waals surface area contributed by atoms with E-state index in [0.717, 1.165) is 31.4 Å². The highest BCUT2D eigenvalue weighted by Gasteiger charge is 2.41. The number of carbonyl (C=O) groups excluding carboxylic acids is 1. The molecule has 1 aromatic rings. The minimum Gasteiger partial charge on any atom is -0.474 e. The molecular formula is C19H27N3O3. The third-order valence-corrected chi connectivity index (χ3v) is 5.38. The third-order valence-electron chi connectivity index (χ3n) is 5.38. The van der Waals surface area contributed by atoms with Crippen molar-refractivity contribution in [3.05, 3.63) is 23.9 Å². The van der Waals surface area contributed by atoms with Gasteiger partial charge in [0.2, 0.25) is 5.88 Å². The lowest BCUT2D eigenvalue weighted by molar-refractivity contribution is 0.0825. The fourth-order valence-electron chi connectivity index (χ4n) is 3.86. The second-order valence-corrected chi connectivity index (χ2v) is 7.42. The maximum atomic E-state index is 12.2. The summed E-state index contributed by atoms with van der Waals surface area (Å²) in [6.07, 6.45) is 10.3. The minimum atomic E-state index is -0.128. The molecule has 1 aliphatic heterocycles. The first-order valence-electron chi connectivity index (χ1n) is 9.55. The number of nitrogens with zero attached hydrogens (tertiary/aromatic N) is 1. The minimum absolute atomic E-state index is 0.128. The lowest BCUT2D eigenvalue weighted by atomic mass is 10.1. The standard InChI is InChI=1S/C19H27N3O3/c23-19(22-16-8-10-24-18(16)14-5-6-14)21-12-13-7-9-20-17(11-13)25-15-3-1-2-4-15/h7,9,11,14-16,18H,1-6,8,10,12H2,(H2,21,22,23). The van der Waals surface area contributed by atoms with Crippen LogP contribution >= 0.6 is 0 Å². The molecule has 6 heteroatoms. The molecular weight excluding hydrogens is 318 g/mol. The van der Waals surface area contributed by atoms with Crippen LogP contribution in [0.15, 0.2) is 18.3 Å². The zero-order valence-corrected chi connectivity index (χ0v) is 14.6. The Morgan fingerprint density at radius 3 is 2.88 bits per heavy atom. The van der Waals surface area contributed by atoms with Crippen molar-refractivity contribution in [3.8, 4) is 5.88 Å². The summed E-state index contributed by atoms with van der Waals surface area (Å²) in [7, 11) is 0. The van der Waals surface area contributed by atoms with E-state index in [1.807, 2.05) is 12.1 Å². The van der Waals surface area contributed by atoms with E-state index < -0.39 is 0 Å². The van der Waals surface area contributed by atoms with Crippen molar-refractivity contribution < 1.29 is 14.3 Å². The molecule has 2 unspecified atom stereocenters. The molecule has 136 valence electrons. The van der Waals surface area contributed by atoms with Crippen molar-refractivity contribution in [2.45, 2.75) is 69.7 Å². The molecule has 0 aromatic carbocycles. The van der Waals surface area contributed by atoms with E-state index >= 15 is 0 Å². The van der Waals surface area contributed by atoms with Gasteiger partial charge < -0.3 is 20.1 Å². The molecule has 1 saturated heterocycles. The molecule has 1 aromatic heterocycles. The number of amides is 2. The third kappa shape index (κ3) is 4.42. The highest BCUT2D eigenvalue weighted by atomic mass is 16.5. The number of ether oxygens (including phenoxy) is 2. The topological polar surface area (TPSA) is 72.5 Å². The zero-order chi connectivity index (χ0) is 17.1. The van der Waals surface area contributed by atoms with Gasteiger partial charge in [0.05, 0.1) is 12.1 Å². The van der Waals surface area contributed by atoms with Crippen molar-refractivity contribution in [2.75, 3.05) is 6.61 Å². The lowest BCUT2D eigenvalue weighted by Crippen LogP contribution is -2.46. The van der Waals surface area contributed by atoms with Crippen LogP contribution in [0.1, 0.15) is 50.5 Å². The molecule has 3 fully saturated rings. The van der Waals surface area contributed by atoms with Gasteiger partial charge in [0.25, 0.3) is 0 Å². The monoisotopic (exact) mass is 345 g/mol. The Hall–Kier alpha value is -1.82. The summed E-state index contributed by atoms with van der Waals surface area (Å²) < 4.78 is 11.7. The first-order chi connectivity index (χ1) is 12.3. The number of aromatic nitrogens is 1. The Kier molecular flexibility index (Phi) is 5.06. The molecule has 2 N–H and O–H groups in total. The quantitative estimate of drug-likeness (QED) is 0.831. The van der Waals surface area contributed by atoms with Crippen LogP contribution in [-0.4, -0.2) is 35.9 Å². The normalized spacial score (nSPS) is 26.6. The number of urea groups is 1. The van der Waals surface area contributed by atoms with Crippen LogP contribution in [0.2, 0.25) is 0 Å². The molecule has 0 radical (unpaired) electrons. The van der Waals surface area contributed by atoms with Gasteiger partial charge >= 0.3 is 6.03 Å². The number of rotatable bonds is 6. The zero-order valence-electron chi connectivity index (χ0n) is 14.6. The van der Waals surface area contributed by atoms with Crippen LogP contribution < -0.4 is 15.4 Å². The van der Waals surface area contributed by atoms with E-state index in [0.29, 0.717) is 24.4 Å². The Bertz CT molecular complexity index is 599. The molecule has 0 spiro atoms. The van der Waals surface area contributed by atoms with Gasteiger partial charge in [0, 0.05) is 25.4 Å². The predicted octanol–water partition coefficient (Wildman–Crippen LogP) is 2.77. The van der Waals surface area contributed by atoms with E-state index in [1.54, 1.807) is 6.20 Å². The van der Waals surface area contributed by atoms with Crippen molar-refractivity contribution in [2.24, 2.45) is 5.92 Å². The second kappa shape index (κ2) is 7.60. The van der Waals surface area contributed by atoms with Crippen LogP contribution in [0.3, 0.4) is 0 Å². The van der Waals surface area contributed by atoms with Gasteiger partial charge in [0.1, 0.15) is 6.10 Å². The first-order valence-corrected chi connectivity index (χ1v) is 9.55. The van der Waals surface area contributed by atoms with Gasteiger partial charge in [-0.05, 0) is 62.5 Å². The lowest BCUT2D eigenvalue weighted by Gasteiger charge is -2.19. The molecule has 2 saturated carbocycles. The Morgan fingerprint density at radius 2 is 2.08 bits per heavy atom. The second-order valence-electron chi connectivity index (χ2n) is 7.42. The summed E-state index contributed by atoms with van der Waals surface area (Å²) in [5.74, 6) is 1.30. The fraction of sp³-hybridized carbons (Fsp3) is 0.684. The SMILES string of the molecule is O=C(NCc1ccnc(OC2CCCC2)c1)NC1CCOC1C1CC1. The molecule has 0 bridgehead atoms. The average Bonchev–Trinajstić information content (AvgIpc) is 3.13. The molecule has 2 aliphatic carbocycles. The number of pyridine rings is 1. The van der Waals surface area contributed by atoms with Gasteiger partial charge in [-0.25, -0.2) is 9.78 Å². The summed E-state index contributed by atoms with van der Waals surface area (Å²) in [5.41, 5.74) is 1.000. The van der Waals surface area contributed by atoms with Crippen LogP contribution in [0.4, 0.5) is 4.79 Å². The summed E-state index contributed by atoms with van der Waals surface area (Å²) >= 11 is 0. The Morgan fingerprint density at radius 1 is 1.24 bits per heavy atom. The fourth-order valence-corrected chi connectivity index (χ4v) is 3.86. The van der Waals surface area contributed by atoms with Gasteiger partial charge in [-0.2, -0.15) is 0 Å². The summed E-state index contributed by atoms with van der Waals surface area (Å²) in [4.78, 5) is 16.5. The molecule has 6 nitrogen and oxygen atoms in total. The van der Waals surface area contributed by atoms with Crippen molar-refractivity contribution in [3.63, 3.8) is 0 Å². The van der Waals surface area contributed by atoms with Crippen molar-refractivity contribution in [1.82, 2.24) is 15.6 Å². The van der Waals surface area contributed by atoms with Crippen LogP contribution in [-0.2, 0) is 11.3 Å². The van der Waals surface area contributed by atoms with Gasteiger partial charge in [0.15, 0.2) is 0 Å². The predicted molar refractivity (Wildman–Crippen MR) is 93.4 cm³/mol. The summed E-state index contributed by atoms with van der Waals surface area (Å²) in [6.45, 7) is 1.22.